The van der Waals surface area contributed by atoms with Gasteiger partial charge in [-0.25, -0.2) is 0 Å². The third-order valence-corrected chi connectivity index (χ3v) is 7.38. The van der Waals surface area contributed by atoms with Gasteiger partial charge in [-0.05, 0) is 87.0 Å². The monoisotopic (exact) mass is 392 g/mol. The molecule has 0 N–H and O–H groups in total. The van der Waals surface area contributed by atoms with Crippen molar-refractivity contribution in [3.63, 3.8) is 0 Å². The molecule has 0 aromatic heterocycles. The first-order chi connectivity index (χ1) is 14.0. The summed E-state index contributed by atoms with van der Waals surface area (Å²) in [6.45, 7) is 8.99. The molecule has 0 amide bonds. The van der Waals surface area contributed by atoms with E-state index in [0.717, 1.165) is 18.1 Å². The van der Waals surface area contributed by atoms with E-state index in [1.54, 1.807) is 0 Å². The minimum absolute atomic E-state index is 0.238. The highest BCUT2D eigenvalue weighted by Crippen LogP contribution is 2.47. The third kappa shape index (κ3) is 4.38. The van der Waals surface area contributed by atoms with E-state index < -0.39 is 0 Å². The number of benzene rings is 2. The second kappa shape index (κ2) is 8.52. The molecular weight excluding hydrogens is 356 g/mol. The predicted molar refractivity (Wildman–Crippen MR) is 119 cm³/mol. The highest BCUT2D eigenvalue weighted by Gasteiger charge is 2.44. The SMILES string of the molecule is CCC(C)c1ccc(OC(OC2CC3CCC2C3)C(C)(C)c2ccccc2)cc1. The summed E-state index contributed by atoms with van der Waals surface area (Å²) in [5.74, 6) is 3.05. The zero-order valence-corrected chi connectivity index (χ0v) is 18.4. The van der Waals surface area contributed by atoms with Gasteiger partial charge in [0.1, 0.15) is 5.75 Å². The summed E-state index contributed by atoms with van der Waals surface area (Å²) in [6.07, 6.45) is 6.42. The van der Waals surface area contributed by atoms with Crippen LogP contribution in [0.1, 0.15) is 76.8 Å². The molecule has 2 bridgehead atoms. The van der Waals surface area contributed by atoms with Crippen molar-refractivity contribution >= 4 is 0 Å². The Bertz CT molecular complexity index is 780. The van der Waals surface area contributed by atoms with Crippen molar-refractivity contribution in [3.8, 4) is 5.75 Å². The highest BCUT2D eigenvalue weighted by atomic mass is 16.7. The molecule has 156 valence electrons. The van der Waals surface area contributed by atoms with Crippen LogP contribution in [0.3, 0.4) is 0 Å². The number of hydrogen-bond donors (Lipinski definition) is 0. The van der Waals surface area contributed by atoms with Gasteiger partial charge in [-0.15, -0.1) is 0 Å². The summed E-state index contributed by atoms with van der Waals surface area (Å²) < 4.78 is 13.3. The van der Waals surface area contributed by atoms with Crippen LogP contribution in [0.15, 0.2) is 54.6 Å². The molecule has 5 unspecified atom stereocenters. The maximum absolute atomic E-state index is 6.75. The first kappa shape index (κ1) is 20.5. The van der Waals surface area contributed by atoms with Crippen LogP contribution in [0, 0.1) is 11.8 Å². The van der Waals surface area contributed by atoms with Gasteiger partial charge >= 0.3 is 0 Å². The van der Waals surface area contributed by atoms with E-state index in [0.29, 0.717) is 17.9 Å². The van der Waals surface area contributed by atoms with Gasteiger partial charge in [-0.3, -0.25) is 0 Å². The van der Waals surface area contributed by atoms with Crippen molar-refractivity contribution < 1.29 is 9.47 Å². The van der Waals surface area contributed by atoms with Gasteiger partial charge in [0.25, 0.3) is 0 Å². The predicted octanol–water partition coefficient (Wildman–Crippen LogP) is 7.09. The molecule has 0 saturated heterocycles. The van der Waals surface area contributed by atoms with Gasteiger partial charge in [0.15, 0.2) is 0 Å². The van der Waals surface area contributed by atoms with Crippen LogP contribution in [0.25, 0.3) is 0 Å². The first-order valence-electron chi connectivity index (χ1n) is 11.4. The second-order valence-electron chi connectivity index (χ2n) is 9.77. The van der Waals surface area contributed by atoms with Crippen molar-refractivity contribution in [2.75, 3.05) is 0 Å². The molecule has 2 fully saturated rings. The molecule has 0 heterocycles. The lowest BCUT2D eigenvalue weighted by Crippen LogP contribution is -2.44. The molecule has 2 aromatic carbocycles. The van der Waals surface area contributed by atoms with Crippen LogP contribution in [-0.4, -0.2) is 12.4 Å². The number of hydrogen-bond acceptors (Lipinski definition) is 2. The Labute approximate surface area is 176 Å². The van der Waals surface area contributed by atoms with Crippen molar-refractivity contribution in [2.24, 2.45) is 11.8 Å². The Hall–Kier alpha value is -1.80. The zero-order valence-electron chi connectivity index (χ0n) is 18.4. The Morgan fingerprint density at radius 1 is 0.966 bits per heavy atom. The molecule has 29 heavy (non-hydrogen) atoms. The smallest absolute Gasteiger partial charge is 0.209 e. The first-order valence-corrected chi connectivity index (χ1v) is 11.4. The average molecular weight is 393 g/mol. The van der Waals surface area contributed by atoms with Crippen molar-refractivity contribution in [1.29, 1.82) is 0 Å². The average Bonchev–Trinajstić information content (AvgIpc) is 3.37. The molecule has 2 aromatic rings. The van der Waals surface area contributed by atoms with Crippen molar-refractivity contribution in [2.45, 2.75) is 83.5 Å². The topological polar surface area (TPSA) is 18.5 Å². The summed E-state index contributed by atoms with van der Waals surface area (Å²) in [7, 11) is 0. The Morgan fingerprint density at radius 3 is 2.28 bits per heavy atom. The number of fused-ring (bicyclic) bond motifs is 2. The summed E-state index contributed by atoms with van der Waals surface area (Å²) in [5, 5.41) is 0. The molecular formula is C27H36O2. The van der Waals surface area contributed by atoms with E-state index >= 15 is 0 Å². The fraction of sp³-hybridized carbons (Fsp3) is 0.556. The quantitative estimate of drug-likeness (QED) is 0.447. The van der Waals surface area contributed by atoms with E-state index in [1.165, 1.54) is 36.8 Å². The summed E-state index contributed by atoms with van der Waals surface area (Å²) in [4.78, 5) is 0. The van der Waals surface area contributed by atoms with E-state index in [-0.39, 0.29) is 11.7 Å². The maximum atomic E-state index is 6.75. The van der Waals surface area contributed by atoms with Crippen LogP contribution in [0.2, 0.25) is 0 Å². The minimum atomic E-state index is -0.302. The summed E-state index contributed by atoms with van der Waals surface area (Å²) >= 11 is 0. The molecule has 0 aliphatic heterocycles. The summed E-state index contributed by atoms with van der Waals surface area (Å²) in [6, 6.07) is 19.3. The lowest BCUT2D eigenvalue weighted by atomic mass is 9.83. The van der Waals surface area contributed by atoms with Gasteiger partial charge in [0, 0.05) is 0 Å². The van der Waals surface area contributed by atoms with Gasteiger partial charge in [0.2, 0.25) is 6.29 Å². The normalized spacial score (nSPS) is 25.7. The van der Waals surface area contributed by atoms with Crippen LogP contribution in [0.4, 0.5) is 0 Å². The van der Waals surface area contributed by atoms with Crippen molar-refractivity contribution in [3.05, 3.63) is 65.7 Å². The van der Waals surface area contributed by atoms with Gasteiger partial charge in [-0.2, -0.15) is 0 Å². The highest BCUT2D eigenvalue weighted by molar-refractivity contribution is 5.30. The van der Waals surface area contributed by atoms with E-state index in [4.69, 9.17) is 9.47 Å². The maximum Gasteiger partial charge on any atom is 0.209 e. The lowest BCUT2D eigenvalue weighted by molar-refractivity contribution is -0.165. The van der Waals surface area contributed by atoms with Crippen molar-refractivity contribution in [1.82, 2.24) is 0 Å². The molecule has 4 rings (SSSR count). The van der Waals surface area contributed by atoms with E-state index in [1.807, 2.05) is 0 Å². The lowest BCUT2D eigenvalue weighted by Gasteiger charge is -2.38. The second-order valence-corrected chi connectivity index (χ2v) is 9.77. The Kier molecular flexibility index (Phi) is 6.01. The standard InChI is InChI=1S/C27H36O2/c1-5-19(2)21-13-15-24(16-14-21)28-26(27(3,4)23-9-7-6-8-10-23)29-25-18-20-11-12-22(25)17-20/h6-10,13-16,19-20,22,25-26H,5,11-12,17-18H2,1-4H3. The molecule has 5 atom stereocenters. The van der Waals surface area contributed by atoms with Gasteiger partial charge < -0.3 is 9.47 Å². The van der Waals surface area contributed by atoms with Crippen LogP contribution in [-0.2, 0) is 10.2 Å². The third-order valence-electron chi connectivity index (χ3n) is 7.38. The molecule has 2 aliphatic carbocycles. The molecule has 2 nitrogen and oxygen atoms in total. The van der Waals surface area contributed by atoms with Crippen LogP contribution in [0.5, 0.6) is 5.75 Å². The molecule has 2 aliphatic rings. The molecule has 0 spiro atoms. The van der Waals surface area contributed by atoms with Crippen LogP contribution >= 0.6 is 0 Å². The van der Waals surface area contributed by atoms with E-state index in [2.05, 4.69) is 82.3 Å². The molecule has 2 heteroatoms. The fourth-order valence-corrected chi connectivity index (χ4v) is 5.10. The van der Waals surface area contributed by atoms with E-state index in [9.17, 15) is 0 Å². The van der Waals surface area contributed by atoms with Gasteiger partial charge in [-0.1, -0.05) is 56.3 Å². The minimum Gasteiger partial charge on any atom is -0.464 e. The zero-order chi connectivity index (χ0) is 20.4. The largest absolute Gasteiger partial charge is 0.464 e. The fourth-order valence-electron chi connectivity index (χ4n) is 5.10. The number of rotatable bonds is 8. The van der Waals surface area contributed by atoms with Crippen LogP contribution < -0.4 is 4.74 Å². The number of ether oxygens (including phenoxy) is 2. The molecule has 0 radical (unpaired) electrons. The Balaban J connectivity index is 1.56. The molecule has 2 saturated carbocycles. The Morgan fingerprint density at radius 2 is 1.69 bits per heavy atom. The van der Waals surface area contributed by atoms with Gasteiger partial charge in [0.05, 0.1) is 11.5 Å². The summed E-state index contributed by atoms with van der Waals surface area (Å²) in [5.41, 5.74) is 2.38.